The van der Waals surface area contributed by atoms with E-state index in [1.54, 1.807) is 17.0 Å². The van der Waals surface area contributed by atoms with Crippen LogP contribution in [0.3, 0.4) is 0 Å². The first-order valence-corrected chi connectivity index (χ1v) is 13.1. The number of sulfone groups is 1. The molecule has 1 saturated heterocycles. The lowest BCUT2D eigenvalue weighted by Gasteiger charge is -2.38. The second kappa shape index (κ2) is 10.2. The van der Waals surface area contributed by atoms with E-state index in [2.05, 4.69) is 0 Å². The van der Waals surface area contributed by atoms with E-state index in [4.69, 9.17) is 16.3 Å². The van der Waals surface area contributed by atoms with Gasteiger partial charge >= 0.3 is 5.97 Å². The van der Waals surface area contributed by atoms with Crippen LogP contribution in [0.25, 0.3) is 0 Å². The minimum atomic E-state index is -3.10. The first-order chi connectivity index (χ1) is 13.8. The summed E-state index contributed by atoms with van der Waals surface area (Å²) in [6, 6.07) is 6.86. The number of halogens is 1. The van der Waals surface area contributed by atoms with Gasteiger partial charge in [-0.2, -0.15) is 0 Å². The van der Waals surface area contributed by atoms with E-state index in [-0.39, 0.29) is 41.9 Å². The van der Waals surface area contributed by atoms with Crippen LogP contribution in [-0.2, 0) is 24.2 Å². The highest BCUT2D eigenvalue weighted by molar-refractivity contribution is 8.00. The van der Waals surface area contributed by atoms with Gasteiger partial charge in [0.25, 0.3) is 5.91 Å². The average molecular weight is 460 g/mol. The fraction of sp³-hybridized carbons (Fsp3) is 0.600. The molecule has 2 aliphatic rings. The number of thioether (sulfide) groups is 1. The molecule has 6 nitrogen and oxygen atoms in total. The van der Waals surface area contributed by atoms with Gasteiger partial charge in [-0.1, -0.05) is 30.9 Å². The number of carbonyl (C=O) groups is 2. The van der Waals surface area contributed by atoms with Gasteiger partial charge in [0.1, 0.15) is 0 Å². The Bertz CT molecular complexity index is 822. The van der Waals surface area contributed by atoms with Gasteiger partial charge in [0.15, 0.2) is 16.4 Å². The zero-order valence-corrected chi connectivity index (χ0v) is 18.6. The van der Waals surface area contributed by atoms with E-state index in [1.807, 2.05) is 12.1 Å². The molecule has 160 valence electrons. The molecule has 0 bridgehead atoms. The van der Waals surface area contributed by atoms with E-state index >= 15 is 0 Å². The molecule has 1 aliphatic heterocycles. The van der Waals surface area contributed by atoms with Crippen molar-refractivity contribution in [2.24, 2.45) is 0 Å². The summed E-state index contributed by atoms with van der Waals surface area (Å²) < 4.78 is 29.1. The quantitative estimate of drug-likeness (QED) is 0.459. The van der Waals surface area contributed by atoms with Crippen LogP contribution < -0.4 is 0 Å². The molecule has 0 N–H and O–H groups in total. The molecule has 1 aromatic rings. The highest BCUT2D eigenvalue weighted by Crippen LogP contribution is 2.28. The number of amides is 1. The fourth-order valence-corrected chi connectivity index (χ4v) is 6.52. The van der Waals surface area contributed by atoms with Crippen molar-refractivity contribution < 1.29 is 22.7 Å². The number of ether oxygens (including phenoxy) is 1. The number of hydrogen-bond donors (Lipinski definition) is 0. The molecular formula is C20H26ClNO5S2. The van der Waals surface area contributed by atoms with Crippen LogP contribution in [0, 0.1) is 0 Å². The summed E-state index contributed by atoms with van der Waals surface area (Å²) in [4.78, 5) is 27.6. The highest BCUT2D eigenvalue weighted by Gasteiger charge is 2.38. The fourth-order valence-electron chi connectivity index (χ4n) is 3.99. The monoisotopic (exact) mass is 459 g/mol. The molecule has 1 aliphatic carbocycles. The standard InChI is InChI=1S/C20H26ClNO5S2/c21-15-6-8-18(9-7-15)28-13-20(24)27-12-19(23)22(16-4-2-1-3-5-16)17-10-11-29(25,26)14-17/h6-9,16-17H,1-5,10-14H2. The third kappa shape index (κ3) is 6.62. The van der Waals surface area contributed by atoms with E-state index in [0.717, 1.165) is 37.0 Å². The third-order valence-corrected chi connectivity index (χ3v) is 8.37. The molecule has 1 saturated carbocycles. The SMILES string of the molecule is O=C(CSc1ccc(Cl)cc1)OCC(=O)N(C1CCCCC1)C1CCS(=O)(=O)C1. The minimum Gasteiger partial charge on any atom is -0.455 e. The zero-order chi connectivity index (χ0) is 20.9. The Balaban J connectivity index is 1.54. The minimum absolute atomic E-state index is 0.00953. The second-order valence-electron chi connectivity index (χ2n) is 7.55. The molecule has 1 aromatic carbocycles. The molecule has 1 unspecified atom stereocenters. The molecule has 1 atom stereocenters. The van der Waals surface area contributed by atoms with Crippen molar-refractivity contribution in [2.75, 3.05) is 23.9 Å². The maximum absolute atomic E-state index is 12.9. The van der Waals surface area contributed by atoms with Gasteiger partial charge < -0.3 is 9.64 Å². The van der Waals surface area contributed by atoms with Gasteiger partial charge in [-0.15, -0.1) is 11.8 Å². The van der Waals surface area contributed by atoms with Crippen molar-refractivity contribution in [3.8, 4) is 0 Å². The van der Waals surface area contributed by atoms with Crippen LogP contribution in [0.1, 0.15) is 38.5 Å². The number of esters is 1. The number of carbonyl (C=O) groups excluding carboxylic acids is 2. The lowest BCUT2D eigenvalue weighted by Crippen LogP contribution is -2.50. The summed E-state index contributed by atoms with van der Waals surface area (Å²) in [5.74, 6) is -0.540. The first-order valence-electron chi connectivity index (χ1n) is 9.89. The van der Waals surface area contributed by atoms with Crippen LogP contribution in [0.4, 0.5) is 0 Å². The Morgan fingerprint density at radius 3 is 2.38 bits per heavy atom. The zero-order valence-electron chi connectivity index (χ0n) is 16.2. The molecule has 2 fully saturated rings. The smallest absolute Gasteiger partial charge is 0.316 e. The Morgan fingerprint density at radius 1 is 1.07 bits per heavy atom. The Kier molecular flexibility index (Phi) is 7.87. The van der Waals surface area contributed by atoms with Crippen LogP contribution in [0.5, 0.6) is 0 Å². The Morgan fingerprint density at radius 2 is 1.76 bits per heavy atom. The van der Waals surface area contributed by atoms with E-state index in [1.165, 1.54) is 11.8 Å². The van der Waals surface area contributed by atoms with Crippen molar-refractivity contribution in [3.05, 3.63) is 29.3 Å². The lowest BCUT2D eigenvalue weighted by molar-refractivity contribution is -0.152. The topological polar surface area (TPSA) is 80.8 Å². The maximum atomic E-state index is 12.9. The predicted molar refractivity (Wildman–Crippen MR) is 114 cm³/mol. The summed E-state index contributed by atoms with van der Waals surface area (Å²) in [5.41, 5.74) is 0. The van der Waals surface area contributed by atoms with Crippen LogP contribution in [0.2, 0.25) is 5.02 Å². The van der Waals surface area contributed by atoms with Gasteiger partial charge in [0.2, 0.25) is 0 Å². The summed E-state index contributed by atoms with van der Waals surface area (Å²) in [7, 11) is -3.10. The molecule has 9 heteroatoms. The number of nitrogens with zero attached hydrogens (tertiary/aromatic N) is 1. The molecule has 1 amide bonds. The van der Waals surface area contributed by atoms with E-state index < -0.39 is 15.8 Å². The van der Waals surface area contributed by atoms with Gasteiger partial charge in [-0.25, -0.2) is 8.42 Å². The van der Waals surface area contributed by atoms with Crippen LogP contribution in [-0.4, -0.2) is 61.1 Å². The largest absolute Gasteiger partial charge is 0.455 e. The van der Waals surface area contributed by atoms with Crippen molar-refractivity contribution >= 4 is 45.1 Å². The molecule has 0 aromatic heterocycles. The molecule has 0 radical (unpaired) electrons. The molecule has 1 heterocycles. The van der Waals surface area contributed by atoms with Gasteiger partial charge in [0.05, 0.1) is 17.3 Å². The third-order valence-electron chi connectivity index (χ3n) is 5.38. The van der Waals surface area contributed by atoms with Crippen LogP contribution >= 0.6 is 23.4 Å². The van der Waals surface area contributed by atoms with Gasteiger partial charge in [0, 0.05) is 22.0 Å². The summed E-state index contributed by atoms with van der Waals surface area (Å²) in [6.45, 7) is -0.340. The van der Waals surface area contributed by atoms with Crippen molar-refractivity contribution in [1.29, 1.82) is 0 Å². The van der Waals surface area contributed by atoms with Crippen LogP contribution in [0.15, 0.2) is 29.2 Å². The lowest BCUT2D eigenvalue weighted by atomic mass is 9.93. The predicted octanol–water partition coefficient (Wildman–Crippen LogP) is 3.32. The molecular weight excluding hydrogens is 434 g/mol. The molecule has 0 spiro atoms. The summed E-state index contributed by atoms with van der Waals surface area (Å²) in [5, 5.41) is 0.624. The Hall–Kier alpha value is -1.25. The number of rotatable bonds is 7. The van der Waals surface area contributed by atoms with Crippen molar-refractivity contribution in [3.63, 3.8) is 0 Å². The first kappa shape index (κ1) is 22.4. The van der Waals surface area contributed by atoms with Gasteiger partial charge in [-0.3, -0.25) is 9.59 Å². The normalized spacial score (nSPS) is 21.6. The van der Waals surface area contributed by atoms with Crippen molar-refractivity contribution in [2.45, 2.75) is 55.5 Å². The summed E-state index contributed by atoms with van der Waals surface area (Å²) >= 11 is 7.16. The number of hydrogen-bond acceptors (Lipinski definition) is 6. The van der Waals surface area contributed by atoms with E-state index in [0.29, 0.717) is 11.4 Å². The van der Waals surface area contributed by atoms with Crippen molar-refractivity contribution in [1.82, 2.24) is 4.90 Å². The molecule has 29 heavy (non-hydrogen) atoms. The maximum Gasteiger partial charge on any atom is 0.316 e. The molecule has 3 rings (SSSR count). The summed E-state index contributed by atoms with van der Waals surface area (Å²) in [6.07, 6.45) is 5.42. The second-order valence-corrected chi connectivity index (χ2v) is 11.3. The van der Waals surface area contributed by atoms with Gasteiger partial charge in [-0.05, 0) is 43.5 Å². The number of benzene rings is 1. The Labute approximate surface area is 181 Å². The average Bonchev–Trinajstić information content (AvgIpc) is 3.06. The van der Waals surface area contributed by atoms with E-state index in [9.17, 15) is 18.0 Å². The highest BCUT2D eigenvalue weighted by atomic mass is 35.5.